The molecule has 0 aliphatic heterocycles. The predicted molar refractivity (Wildman–Crippen MR) is 78.7 cm³/mol. The van der Waals surface area contributed by atoms with E-state index in [4.69, 9.17) is 0 Å². The molecule has 0 unspecified atom stereocenters. The predicted octanol–water partition coefficient (Wildman–Crippen LogP) is 3.49. The first-order valence-corrected chi connectivity index (χ1v) is 6.23. The Morgan fingerprint density at radius 2 is 2.00 bits per heavy atom. The maximum atomic E-state index is 4.26. The molecular formula is C16H19B. The van der Waals surface area contributed by atoms with Gasteiger partial charge in [-0.1, -0.05) is 49.0 Å². The Bertz CT molecular complexity index is 490. The lowest BCUT2D eigenvalue weighted by molar-refractivity contribution is 1.08. The third-order valence-electron chi connectivity index (χ3n) is 3.61. The molecule has 0 saturated heterocycles. The van der Waals surface area contributed by atoms with Crippen LogP contribution in [-0.4, -0.2) is 7.85 Å². The van der Waals surface area contributed by atoms with Gasteiger partial charge >= 0.3 is 0 Å². The topological polar surface area (TPSA) is 0 Å². The van der Waals surface area contributed by atoms with Gasteiger partial charge in [-0.3, -0.25) is 0 Å². The molecule has 1 aromatic carbocycles. The Morgan fingerprint density at radius 3 is 2.53 bits per heavy atom. The molecule has 1 aliphatic carbocycles. The number of rotatable bonds is 4. The van der Waals surface area contributed by atoms with Gasteiger partial charge in [0, 0.05) is 0 Å². The first-order valence-electron chi connectivity index (χ1n) is 6.23. The van der Waals surface area contributed by atoms with E-state index in [1.807, 2.05) is 6.08 Å². The maximum Gasteiger partial charge on any atom is 0.135 e. The van der Waals surface area contributed by atoms with E-state index in [9.17, 15) is 0 Å². The van der Waals surface area contributed by atoms with Crippen molar-refractivity contribution >= 4 is 13.4 Å². The standard InChI is InChI=1S/C16H19B/c1-4-14(16(17)13-9-10-13)12(3)15-8-6-5-7-11(15)2/h4-8,13H,1,3,9-10,17H2,2H3/b16-14-. The van der Waals surface area contributed by atoms with Crippen LogP contribution in [0.25, 0.3) is 5.57 Å². The van der Waals surface area contributed by atoms with Crippen LogP contribution in [0.1, 0.15) is 24.0 Å². The fraction of sp³-hybridized carbons (Fsp3) is 0.250. The molecule has 1 saturated carbocycles. The van der Waals surface area contributed by atoms with Gasteiger partial charge in [0.15, 0.2) is 0 Å². The van der Waals surface area contributed by atoms with Crippen LogP contribution < -0.4 is 0 Å². The average molecular weight is 222 g/mol. The van der Waals surface area contributed by atoms with Gasteiger partial charge in [-0.25, -0.2) is 0 Å². The van der Waals surface area contributed by atoms with Crippen LogP contribution in [0.4, 0.5) is 0 Å². The van der Waals surface area contributed by atoms with E-state index in [0.29, 0.717) is 0 Å². The summed E-state index contributed by atoms with van der Waals surface area (Å²) in [7, 11) is 2.22. The zero-order chi connectivity index (χ0) is 12.4. The molecule has 0 spiro atoms. The highest BCUT2D eigenvalue weighted by molar-refractivity contribution is 6.24. The Labute approximate surface area is 105 Å². The van der Waals surface area contributed by atoms with E-state index in [-0.39, 0.29) is 0 Å². The highest BCUT2D eigenvalue weighted by Crippen LogP contribution is 2.39. The van der Waals surface area contributed by atoms with Crippen LogP contribution in [0.5, 0.6) is 0 Å². The van der Waals surface area contributed by atoms with Gasteiger partial charge in [-0.2, -0.15) is 0 Å². The first kappa shape index (κ1) is 12.0. The Hall–Kier alpha value is -1.50. The third kappa shape index (κ3) is 2.44. The average Bonchev–Trinajstić information content (AvgIpc) is 3.14. The second kappa shape index (κ2) is 4.79. The van der Waals surface area contributed by atoms with Crippen LogP contribution in [0.2, 0.25) is 0 Å². The molecule has 0 N–H and O–H groups in total. The van der Waals surface area contributed by atoms with Gasteiger partial charge in [0.1, 0.15) is 7.85 Å². The van der Waals surface area contributed by atoms with Crippen molar-refractivity contribution in [2.75, 3.05) is 0 Å². The fourth-order valence-corrected chi connectivity index (χ4v) is 2.32. The monoisotopic (exact) mass is 222 g/mol. The summed E-state index contributed by atoms with van der Waals surface area (Å²) in [6.45, 7) is 10.3. The number of hydrogen-bond donors (Lipinski definition) is 0. The van der Waals surface area contributed by atoms with Crippen LogP contribution in [-0.2, 0) is 0 Å². The summed E-state index contributed by atoms with van der Waals surface area (Å²) < 4.78 is 0. The summed E-state index contributed by atoms with van der Waals surface area (Å²) in [5, 5.41) is 0. The maximum absolute atomic E-state index is 4.26. The lowest BCUT2D eigenvalue weighted by Crippen LogP contribution is -1.96. The van der Waals surface area contributed by atoms with Gasteiger partial charge in [-0.05, 0) is 48.0 Å². The molecule has 17 heavy (non-hydrogen) atoms. The quantitative estimate of drug-likeness (QED) is 0.540. The van der Waals surface area contributed by atoms with Gasteiger partial charge in [0.05, 0.1) is 0 Å². The summed E-state index contributed by atoms with van der Waals surface area (Å²) in [5.74, 6) is 0.767. The molecule has 0 nitrogen and oxygen atoms in total. The van der Waals surface area contributed by atoms with Gasteiger partial charge < -0.3 is 0 Å². The second-order valence-corrected chi connectivity index (χ2v) is 4.87. The summed E-state index contributed by atoms with van der Waals surface area (Å²) in [6.07, 6.45) is 4.61. The van der Waals surface area contributed by atoms with Crippen molar-refractivity contribution in [2.24, 2.45) is 5.92 Å². The molecule has 1 aliphatic rings. The summed E-state index contributed by atoms with van der Waals surface area (Å²) >= 11 is 0. The van der Waals surface area contributed by atoms with Crippen molar-refractivity contribution < 1.29 is 0 Å². The molecule has 0 bridgehead atoms. The molecule has 86 valence electrons. The first-order chi connectivity index (χ1) is 8.15. The van der Waals surface area contributed by atoms with Crippen molar-refractivity contribution in [2.45, 2.75) is 19.8 Å². The highest BCUT2D eigenvalue weighted by Gasteiger charge is 2.25. The lowest BCUT2D eigenvalue weighted by Gasteiger charge is -2.13. The number of hydrogen-bond acceptors (Lipinski definition) is 0. The van der Waals surface area contributed by atoms with E-state index in [1.165, 1.54) is 35.0 Å². The van der Waals surface area contributed by atoms with Crippen molar-refractivity contribution in [3.8, 4) is 0 Å². The zero-order valence-electron chi connectivity index (χ0n) is 10.8. The minimum absolute atomic E-state index is 0.767. The molecule has 0 amide bonds. The van der Waals surface area contributed by atoms with Crippen LogP contribution in [0, 0.1) is 12.8 Å². The summed E-state index contributed by atoms with van der Waals surface area (Å²) in [5.41, 5.74) is 6.32. The number of benzene rings is 1. The van der Waals surface area contributed by atoms with Crippen LogP contribution in [0.3, 0.4) is 0 Å². The van der Waals surface area contributed by atoms with Crippen molar-refractivity contribution in [3.05, 3.63) is 65.7 Å². The van der Waals surface area contributed by atoms with Gasteiger partial charge in [0.25, 0.3) is 0 Å². The Morgan fingerprint density at radius 1 is 1.35 bits per heavy atom. The summed E-state index contributed by atoms with van der Waals surface area (Å²) in [6, 6.07) is 8.41. The van der Waals surface area contributed by atoms with E-state index in [0.717, 1.165) is 11.5 Å². The largest absolute Gasteiger partial charge is 0.135 e. The van der Waals surface area contributed by atoms with Gasteiger partial charge in [0.2, 0.25) is 0 Å². The molecule has 0 atom stereocenters. The SMILES string of the molecule is B/C(=C(/C=C)C(=C)c1ccccc1C)C1CC1. The zero-order valence-corrected chi connectivity index (χ0v) is 10.8. The molecule has 1 heteroatoms. The molecule has 1 aromatic rings. The minimum atomic E-state index is 0.767. The van der Waals surface area contributed by atoms with Crippen LogP contribution in [0.15, 0.2) is 54.5 Å². The number of allylic oxidation sites excluding steroid dienone is 4. The van der Waals surface area contributed by atoms with Crippen molar-refractivity contribution in [1.29, 1.82) is 0 Å². The molecule has 2 rings (SSSR count). The lowest BCUT2D eigenvalue weighted by atomic mass is 9.81. The van der Waals surface area contributed by atoms with E-state index in [2.05, 4.69) is 52.2 Å². The van der Waals surface area contributed by atoms with E-state index < -0.39 is 0 Å². The molecule has 0 aromatic heterocycles. The van der Waals surface area contributed by atoms with Crippen molar-refractivity contribution in [1.82, 2.24) is 0 Å². The third-order valence-corrected chi connectivity index (χ3v) is 3.61. The Kier molecular flexibility index (Phi) is 3.37. The smallest absolute Gasteiger partial charge is 0.0993 e. The van der Waals surface area contributed by atoms with Gasteiger partial charge in [-0.15, -0.1) is 0 Å². The molecule has 1 fully saturated rings. The molecular weight excluding hydrogens is 203 g/mol. The minimum Gasteiger partial charge on any atom is -0.0993 e. The van der Waals surface area contributed by atoms with E-state index in [1.54, 1.807) is 0 Å². The van der Waals surface area contributed by atoms with Crippen molar-refractivity contribution in [3.63, 3.8) is 0 Å². The normalized spacial score (nSPS) is 16.3. The molecule has 0 heterocycles. The van der Waals surface area contributed by atoms with Crippen LogP contribution >= 0.6 is 0 Å². The second-order valence-electron chi connectivity index (χ2n) is 4.87. The van der Waals surface area contributed by atoms with E-state index >= 15 is 0 Å². The highest BCUT2D eigenvalue weighted by atomic mass is 14.3. The Balaban J connectivity index is 2.39. The number of aryl methyl sites for hydroxylation is 1. The summed E-state index contributed by atoms with van der Waals surface area (Å²) in [4.78, 5) is 0. The molecule has 0 radical (unpaired) electrons. The fourth-order valence-electron chi connectivity index (χ4n) is 2.32.